The second kappa shape index (κ2) is 6.99. The Morgan fingerprint density at radius 1 is 1.19 bits per heavy atom. The highest BCUT2D eigenvalue weighted by Gasteiger charge is 2.11. The first-order valence-corrected chi connectivity index (χ1v) is 7.03. The van der Waals surface area contributed by atoms with Gasteiger partial charge in [0.1, 0.15) is 0 Å². The molecule has 0 aliphatic carbocycles. The Hall–Kier alpha value is -2.20. The van der Waals surface area contributed by atoms with Gasteiger partial charge < -0.3 is 10.4 Å². The number of rotatable bonds is 5. The number of aromatic nitrogens is 1. The van der Waals surface area contributed by atoms with Crippen molar-refractivity contribution in [1.29, 1.82) is 0 Å². The fraction of sp³-hybridized carbons (Fsp3) is 0.294. The van der Waals surface area contributed by atoms with Gasteiger partial charge in [-0.3, -0.25) is 9.78 Å². The Morgan fingerprint density at radius 3 is 2.57 bits per heavy atom. The molecular weight excluding hydrogens is 264 g/mol. The molecule has 1 unspecified atom stereocenters. The van der Waals surface area contributed by atoms with Gasteiger partial charge in [0.05, 0.1) is 17.4 Å². The predicted octanol–water partition coefficient (Wildman–Crippen LogP) is 2.55. The van der Waals surface area contributed by atoms with E-state index < -0.39 is 6.10 Å². The Balaban J connectivity index is 1.87. The quantitative estimate of drug-likeness (QED) is 0.887. The molecule has 1 aromatic heterocycles. The van der Waals surface area contributed by atoms with Crippen LogP contribution in [0.2, 0.25) is 0 Å². The van der Waals surface area contributed by atoms with Crippen molar-refractivity contribution in [1.82, 2.24) is 10.3 Å². The lowest BCUT2D eigenvalue weighted by molar-refractivity contribution is 0.0941. The van der Waals surface area contributed by atoms with Crippen molar-refractivity contribution >= 4 is 5.91 Å². The van der Waals surface area contributed by atoms with Crippen molar-refractivity contribution in [3.8, 4) is 0 Å². The van der Waals surface area contributed by atoms with Crippen molar-refractivity contribution in [2.75, 3.05) is 6.54 Å². The minimum absolute atomic E-state index is 0.153. The number of benzene rings is 1. The van der Waals surface area contributed by atoms with Gasteiger partial charge in [0.2, 0.25) is 0 Å². The third-order valence-corrected chi connectivity index (χ3v) is 3.36. The zero-order valence-corrected chi connectivity index (χ0v) is 12.3. The van der Waals surface area contributed by atoms with E-state index in [-0.39, 0.29) is 5.91 Å². The van der Waals surface area contributed by atoms with Crippen LogP contribution in [0.5, 0.6) is 0 Å². The largest absolute Gasteiger partial charge is 0.388 e. The van der Waals surface area contributed by atoms with Crippen molar-refractivity contribution < 1.29 is 9.90 Å². The van der Waals surface area contributed by atoms with Gasteiger partial charge in [-0.2, -0.15) is 0 Å². The first-order chi connectivity index (χ1) is 10.1. The maximum atomic E-state index is 12.1. The molecule has 0 aliphatic heterocycles. The van der Waals surface area contributed by atoms with E-state index in [2.05, 4.69) is 10.3 Å². The number of aryl methyl sites for hydroxylation is 2. The number of hydrogen-bond acceptors (Lipinski definition) is 3. The lowest BCUT2D eigenvalue weighted by Crippen LogP contribution is -2.26. The molecule has 1 heterocycles. The van der Waals surface area contributed by atoms with Crippen molar-refractivity contribution in [3.05, 3.63) is 65.0 Å². The second-order valence-electron chi connectivity index (χ2n) is 5.06. The summed E-state index contributed by atoms with van der Waals surface area (Å²) >= 11 is 0. The summed E-state index contributed by atoms with van der Waals surface area (Å²) in [7, 11) is 0. The number of amides is 1. The fourth-order valence-electron chi connectivity index (χ4n) is 2.19. The normalized spacial score (nSPS) is 12.0. The predicted molar refractivity (Wildman–Crippen MR) is 82.1 cm³/mol. The SMILES string of the molecule is Cc1ccc(C(=O)NCCC(O)c2ccccc2)c(C)n1. The second-order valence-corrected chi connectivity index (χ2v) is 5.06. The molecule has 2 aromatic rings. The summed E-state index contributed by atoms with van der Waals surface area (Å²) in [6, 6.07) is 13.0. The molecule has 0 bridgehead atoms. The molecule has 1 amide bonds. The third kappa shape index (κ3) is 4.13. The van der Waals surface area contributed by atoms with Gasteiger partial charge in [-0.25, -0.2) is 0 Å². The Morgan fingerprint density at radius 2 is 1.90 bits per heavy atom. The lowest BCUT2D eigenvalue weighted by atomic mass is 10.1. The Labute approximate surface area is 124 Å². The smallest absolute Gasteiger partial charge is 0.253 e. The monoisotopic (exact) mass is 284 g/mol. The minimum atomic E-state index is -0.566. The number of pyridine rings is 1. The average Bonchev–Trinajstić information content (AvgIpc) is 2.47. The van der Waals surface area contributed by atoms with E-state index in [4.69, 9.17) is 0 Å². The van der Waals surface area contributed by atoms with E-state index >= 15 is 0 Å². The molecule has 1 aromatic carbocycles. The van der Waals surface area contributed by atoms with E-state index in [1.54, 1.807) is 6.07 Å². The highest BCUT2D eigenvalue weighted by Crippen LogP contribution is 2.15. The first kappa shape index (κ1) is 15.2. The van der Waals surface area contributed by atoms with Gasteiger partial charge in [0.25, 0.3) is 5.91 Å². The zero-order valence-electron chi connectivity index (χ0n) is 12.3. The molecule has 0 aliphatic rings. The van der Waals surface area contributed by atoms with Crippen LogP contribution in [0.3, 0.4) is 0 Å². The van der Waals surface area contributed by atoms with Crippen LogP contribution in [0.1, 0.15) is 39.8 Å². The summed E-state index contributed by atoms with van der Waals surface area (Å²) in [5.74, 6) is -0.153. The van der Waals surface area contributed by atoms with Gasteiger partial charge in [-0.05, 0) is 38.0 Å². The molecule has 0 fully saturated rings. The van der Waals surface area contributed by atoms with Gasteiger partial charge in [0.15, 0.2) is 0 Å². The molecule has 2 rings (SSSR count). The highest BCUT2D eigenvalue weighted by molar-refractivity contribution is 5.95. The van der Waals surface area contributed by atoms with Gasteiger partial charge in [0, 0.05) is 12.2 Å². The molecule has 110 valence electrons. The minimum Gasteiger partial charge on any atom is -0.388 e. The zero-order chi connectivity index (χ0) is 15.2. The van der Waals surface area contributed by atoms with Crippen molar-refractivity contribution in [2.45, 2.75) is 26.4 Å². The molecule has 4 nitrogen and oxygen atoms in total. The molecular formula is C17H20N2O2. The van der Waals surface area contributed by atoms with Crippen molar-refractivity contribution in [2.24, 2.45) is 0 Å². The van der Waals surface area contributed by atoms with Crippen molar-refractivity contribution in [3.63, 3.8) is 0 Å². The molecule has 0 radical (unpaired) electrons. The number of carbonyl (C=O) groups excluding carboxylic acids is 1. The van der Waals surface area contributed by atoms with Crippen LogP contribution in [0.15, 0.2) is 42.5 Å². The fourth-order valence-corrected chi connectivity index (χ4v) is 2.19. The number of aliphatic hydroxyl groups excluding tert-OH is 1. The van der Waals surface area contributed by atoms with E-state index in [9.17, 15) is 9.90 Å². The molecule has 0 saturated heterocycles. The number of aliphatic hydroxyl groups is 1. The van der Waals surface area contributed by atoms with Crippen LogP contribution in [0, 0.1) is 13.8 Å². The van der Waals surface area contributed by atoms with Crippen LogP contribution in [-0.2, 0) is 0 Å². The molecule has 0 spiro atoms. The third-order valence-electron chi connectivity index (χ3n) is 3.36. The van der Waals surface area contributed by atoms with Crippen LogP contribution < -0.4 is 5.32 Å². The molecule has 4 heteroatoms. The standard InChI is InChI=1S/C17H20N2O2/c1-12-8-9-15(13(2)19-12)17(21)18-11-10-16(20)14-6-4-3-5-7-14/h3-9,16,20H,10-11H2,1-2H3,(H,18,21). The summed E-state index contributed by atoms with van der Waals surface area (Å²) in [6.07, 6.45) is -0.0857. The maximum absolute atomic E-state index is 12.1. The number of nitrogens with one attached hydrogen (secondary N) is 1. The van der Waals surface area contributed by atoms with Crippen LogP contribution in [0.25, 0.3) is 0 Å². The lowest BCUT2D eigenvalue weighted by Gasteiger charge is -2.12. The highest BCUT2D eigenvalue weighted by atomic mass is 16.3. The van der Waals surface area contributed by atoms with Crippen LogP contribution in [0.4, 0.5) is 0 Å². The summed E-state index contributed by atoms with van der Waals surface area (Å²) in [5.41, 5.74) is 3.05. The molecule has 21 heavy (non-hydrogen) atoms. The van der Waals surface area contributed by atoms with E-state index in [1.165, 1.54) is 0 Å². The molecule has 1 atom stereocenters. The van der Waals surface area contributed by atoms with E-state index in [0.29, 0.717) is 18.5 Å². The number of nitrogens with zero attached hydrogens (tertiary/aromatic N) is 1. The summed E-state index contributed by atoms with van der Waals surface area (Å²) in [5, 5.41) is 12.9. The average molecular weight is 284 g/mol. The van der Waals surface area contributed by atoms with Gasteiger partial charge >= 0.3 is 0 Å². The molecule has 2 N–H and O–H groups in total. The molecule has 0 saturated carbocycles. The van der Waals surface area contributed by atoms with E-state index in [1.807, 2.05) is 50.2 Å². The van der Waals surface area contributed by atoms with E-state index in [0.717, 1.165) is 17.0 Å². The summed E-state index contributed by atoms with van der Waals surface area (Å²) in [6.45, 7) is 4.13. The summed E-state index contributed by atoms with van der Waals surface area (Å²) in [4.78, 5) is 16.3. The summed E-state index contributed by atoms with van der Waals surface area (Å²) < 4.78 is 0. The Kier molecular flexibility index (Phi) is 5.06. The maximum Gasteiger partial charge on any atom is 0.253 e. The number of carbonyl (C=O) groups is 1. The number of hydrogen-bond donors (Lipinski definition) is 2. The van der Waals surface area contributed by atoms with Gasteiger partial charge in [-0.15, -0.1) is 0 Å². The van der Waals surface area contributed by atoms with Crippen LogP contribution in [-0.4, -0.2) is 22.5 Å². The Bertz CT molecular complexity index is 611. The van der Waals surface area contributed by atoms with Crippen LogP contribution >= 0.6 is 0 Å². The first-order valence-electron chi connectivity index (χ1n) is 7.03. The topological polar surface area (TPSA) is 62.2 Å². The van der Waals surface area contributed by atoms with Gasteiger partial charge in [-0.1, -0.05) is 30.3 Å².